The zero-order valence-corrected chi connectivity index (χ0v) is 11.8. The van der Waals surface area contributed by atoms with E-state index in [1.54, 1.807) is 0 Å². The molecule has 0 amide bonds. The van der Waals surface area contributed by atoms with Crippen LogP contribution in [0.15, 0.2) is 48.7 Å². The minimum absolute atomic E-state index is 0.192. The highest BCUT2D eigenvalue weighted by molar-refractivity contribution is 5.32. The fraction of sp³-hybridized carbons (Fsp3) is 0.353. The van der Waals surface area contributed by atoms with E-state index in [0.717, 1.165) is 25.1 Å². The molecule has 0 bridgehead atoms. The van der Waals surface area contributed by atoms with Gasteiger partial charge in [0.1, 0.15) is 0 Å². The third kappa shape index (κ3) is 3.42. The molecule has 100 valence electrons. The van der Waals surface area contributed by atoms with Gasteiger partial charge in [-0.25, -0.2) is 0 Å². The molecule has 0 saturated carbocycles. The minimum atomic E-state index is 0.192. The zero-order chi connectivity index (χ0) is 13.5. The Labute approximate surface area is 115 Å². The molecule has 1 aromatic heterocycles. The Balaban J connectivity index is 2.37. The average Bonchev–Trinajstić information content (AvgIpc) is 2.49. The summed E-state index contributed by atoms with van der Waals surface area (Å²) in [5.74, 6) is 0. The Morgan fingerprint density at radius 1 is 1.05 bits per heavy atom. The van der Waals surface area contributed by atoms with Crippen LogP contribution in [0.25, 0.3) is 0 Å². The van der Waals surface area contributed by atoms with Gasteiger partial charge in [-0.2, -0.15) is 0 Å². The molecular weight excluding hydrogens is 232 g/mol. The molecule has 0 aliphatic heterocycles. The number of pyridine rings is 1. The Hall–Kier alpha value is -1.67. The molecule has 0 aliphatic carbocycles. The fourth-order valence-corrected chi connectivity index (χ4v) is 2.32. The summed E-state index contributed by atoms with van der Waals surface area (Å²) in [6.07, 6.45) is 4.02. The van der Waals surface area contributed by atoms with Gasteiger partial charge in [-0.05, 0) is 36.6 Å². The normalized spacial score (nSPS) is 12.3. The lowest BCUT2D eigenvalue weighted by molar-refractivity contribution is 0.582. The lowest BCUT2D eigenvalue weighted by Crippen LogP contribution is -2.25. The summed E-state index contributed by atoms with van der Waals surface area (Å²) in [4.78, 5) is 4.62. The molecule has 0 fully saturated rings. The van der Waals surface area contributed by atoms with E-state index in [0.29, 0.717) is 0 Å². The largest absolute Gasteiger partial charge is 0.305 e. The molecule has 0 aliphatic rings. The standard InChI is InChI=1S/C17H22N2/c1-3-12-18-17(15-9-6-5-7-10-15)16-14(4-2)11-8-13-19-16/h5-11,13,17-18H,3-4,12H2,1-2H3. The van der Waals surface area contributed by atoms with Crippen LogP contribution in [0, 0.1) is 0 Å². The first-order chi connectivity index (χ1) is 9.36. The first-order valence-electron chi connectivity index (χ1n) is 7.09. The van der Waals surface area contributed by atoms with Crippen molar-refractivity contribution in [3.8, 4) is 0 Å². The summed E-state index contributed by atoms with van der Waals surface area (Å²) < 4.78 is 0. The minimum Gasteiger partial charge on any atom is -0.305 e. The number of nitrogens with one attached hydrogen (secondary N) is 1. The van der Waals surface area contributed by atoms with E-state index in [1.165, 1.54) is 11.1 Å². The number of hydrogen-bond acceptors (Lipinski definition) is 2. The van der Waals surface area contributed by atoms with Crippen molar-refractivity contribution in [2.75, 3.05) is 6.54 Å². The molecule has 1 N–H and O–H groups in total. The van der Waals surface area contributed by atoms with Crippen LogP contribution in [0.4, 0.5) is 0 Å². The van der Waals surface area contributed by atoms with E-state index in [-0.39, 0.29) is 6.04 Å². The molecule has 0 saturated heterocycles. The number of benzene rings is 1. The lowest BCUT2D eigenvalue weighted by atomic mass is 9.98. The molecule has 2 aromatic rings. The van der Waals surface area contributed by atoms with E-state index in [1.807, 2.05) is 12.3 Å². The van der Waals surface area contributed by atoms with Crippen LogP contribution in [0.1, 0.15) is 43.1 Å². The van der Waals surface area contributed by atoms with Crippen molar-refractivity contribution in [3.63, 3.8) is 0 Å². The van der Waals surface area contributed by atoms with Crippen molar-refractivity contribution in [2.24, 2.45) is 0 Å². The van der Waals surface area contributed by atoms with Crippen molar-refractivity contribution >= 4 is 0 Å². The smallest absolute Gasteiger partial charge is 0.0754 e. The monoisotopic (exact) mass is 254 g/mol. The van der Waals surface area contributed by atoms with E-state index in [4.69, 9.17) is 0 Å². The highest BCUT2D eigenvalue weighted by Gasteiger charge is 2.16. The summed E-state index contributed by atoms with van der Waals surface area (Å²) in [6.45, 7) is 5.37. The molecule has 0 spiro atoms. The van der Waals surface area contributed by atoms with E-state index in [9.17, 15) is 0 Å². The Morgan fingerprint density at radius 3 is 2.53 bits per heavy atom. The maximum Gasteiger partial charge on any atom is 0.0754 e. The Bertz CT molecular complexity index is 494. The van der Waals surface area contributed by atoms with E-state index < -0.39 is 0 Å². The van der Waals surface area contributed by atoms with Crippen molar-refractivity contribution < 1.29 is 0 Å². The molecule has 2 rings (SSSR count). The van der Waals surface area contributed by atoms with Gasteiger partial charge in [-0.15, -0.1) is 0 Å². The second-order valence-electron chi connectivity index (χ2n) is 4.70. The van der Waals surface area contributed by atoms with Crippen LogP contribution in [0.5, 0.6) is 0 Å². The van der Waals surface area contributed by atoms with E-state index >= 15 is 0 Å². The van der Waals surface area contributed by atoms with Crippen LogP contribution in [-0.2, 0) is 6.42 Å². The third-order valence-electron chi connectivity index (χ3n) is 3.31. The highest BCUT2D eigenvalue weighted by atomic mass is 14.9. The summed E-state index contributed by atoms with van der Waals surface area (Å²) in [5, 5.41) is 3.61. The summed E-state index contributed by atoms with van der Waals surface area (Å²) >= 11 is 0. The van der Waals surface area contributed by atoms with E-state index in [2.05, 4.69) is 60.5 Å². The van der Waals surface area contributed by atoms with Crippen LogP contribution < -0.4 is 5.32 Å². The number of aromatic nitrogens is 1. The van der Waals surface area contributed by atoms with Crippen molar-refractivity contribution in [1.29, 1.82) is 0 Å². The molecule has 1 atom stereocenters. The fourth-order valence-electron chi connectivity index (χ4n) is 2.32. The number of nitrogens with zero attached hydrogens (tertiary/aromatic N) is 1. The molecule has 2 heteroatoms. The van der Waals surface area contributed by atoms with Gasteiger partial charge in [-0.1, -0.05) is 50.2 Å². The molecule has 1 heterocycles. The van der Waals surface area contributed by atoms with Gasteiger partial charge in [0.15, 0.2) is 0 Å². The van der Waals surface area contributed by atoms with Crippen LogP contribution in [0.3, 0.4) is 0 Å². The van der Waals surface area contributed by atoms with Gasteiger partial charge in [0.2, 0.25) is 0 Å². The number of aryl methyl sites for hydroxylation is 1. The number of hydrogen-bond donors (Lipinski definition) is 1. The summed E-state index contributed by atoms with van der Waals surface area (Å²) in [5.41, 5.74) is 3.76. The molecule has 2 nitrogen and oxygen atoms in total. The lowest BCUT2D eigenvalue weighted by Gasteiger charge is -2.21. The molecular formula is C17H22N2. The summed E-state index contributed by atoms with van der Waals surface area (Å²) in [6, 6.07) is 14.9. The summed E-state index contributed by atoms with van der Waals surface area (Å²) in [7, 11) is 0. The topological polar surface area (TPSA) is 24.9 Å². The third-order valence-corrected chi connectivity index (χ3v) is 3.31. The first kappa shape index (κ1) is 13.8. The van der Waals surface area contributed by atoms with Gasteiger partial charge < -0.3 is 5.32 Å². The quantitative estimate of drug-likeness (QED) is 0.849. The predicted molar refractivity (Wildman–Crippen MR) is 80.2 cm³/mol. The van der Waals surface area contributed by atoms with Gasteiger partial charge in [0.05, 0.1) is 11.7 Å². The van der Waals surface area contributed by atoms with Crippen molar-refractivity contribution in [3.05, 3.63) is 65.5 Å². The van der Waals surface area contributed by atoms with Crippen LogP contribution in [-0.4, -0.2) is 11.5 Å². The SMILES string of the molecule is CCCNC(c1ccccc1)c1ncccc1CC. The maximum atomic E-state index is 4.62. The molecule has 19 heavy (non-hydrogen) atoms. The van der Waals surface area contributed by atoms with Gasteiger partial charge in [0, 0.05) is 6.20 Å². The van der Waals surface area contributed by atoms with Gasteiger partial charge >= 0.3 is 0 Å². The first-order valence-corrected chi connectivity index (χ1v) is 7.09. The molecule has 0 radical (unpaired) electrons. The molecule has 1 aromatic carbocycles. The van der Waals surface area contributed by atoms with Crippen molar-refractivity contribution in [1.82, 2.24) is 10.3 Å². The Morgan fingerprint density at radius 2 is 1.84 bits per heavy atom. The molecule has 1 unspecified atom stereocenters. The van der Waals surface area contributed by atoms with Crippen LogP contribution >= 0.6 is 0 Å². The average molecular weight is 254 g/mol. The van der Waals surface area contributed by atoms with Crippen molar-refractivity contribution in [2.45, 2.75) is 32.7 Å². The zero-order valence-electron chi connectivity index (χ0n) is 11.8. The van der Waals surface area contributed by atoms with Crippen LogP contribution in [0.2, 0.25) is 0 Å². The second kappa shape index (κ2) is 7.05. The Kier molecular flexibility index (Phi) is 5.10. The second-order valence-corrected chi connectivity index (χ2v) is 4.70. The predicted octanol–water partition coefficient (Wildman–Crippen LogP) is 3.73. The number of rotatable bonds is 6. The maximum absolute atomic E-state index is 4.62. The van der Waals surface area contributed by atoms with Gasteiger partial charge in [-0.3, -0.25) is 4.98 Å². The highest BCUT2D eigenvalue weighted by Crippen LogP contribution is 2.23. The van der Waals surface area contributed by atoms with Gasteiger partial charge in [0.25, 0.3) is 0 Å².